The molecule has 0 aliphatic heterocycles. The molecule has 2 aromatic rings. The van der Waals surface area contributed by atoms with Gasteiger partial charge in [0.25, 0.3) is 5.88 Å². The van der Waals surface area contributed by atoms with Crippen molar-refractivity contribution in [2.75, 3.05) is 6.61 Å². The largest absolute Gasteiger partial charge is 0.475 e. The van der Waals surface area contributed by atoms with Crippen molar-refractivity contribution >= 4 is 22.9 Å². The van der Waals surface area contributed by atoms with Gasteiger partial charge in [0.1, 0.15) is 0 Å². The van der Waals surface area contributed by atoms with Crippen LogP contribution in [0.5, 0.6) is 5.88 Å². The van der Waals surface area contributed by atoms with E-state index in [1.807, 2.05) is 26.3 Å². The summed E-state index contributed by atoms with van der Waals surface area (Å²) in [7, 11) is 0. The van der Waals surface area contributed by atoms with E-state index in [0.29, 0.717) is 17.6 Å². The highest BCUT2D eigenvalue weighted by Gasteiger charge is 2.09. The van der Waals surface area contributed by atoms with E-state index in [0.717, 1.165) is 23.5 Å². The van der Waals surface area contributed by atoms with Crippen molar-refractivity contribution < 1.29 is 4.74 Å². The Balaban J connectivity index is 1.99. The Morgan fingerprint density at radius 1 is 1.17 bits per heavy atom. The third-order valence-corrected chi connectivity index (χ3v) is 3.89. The average molecular weight is 284 g/mol. The zero-order valence-electron chi connectivity index (χ0n) is 10.5. The second kappa shape index (κ2) is 5.63. The van der Waals surface area contributed by atoms with Crippen LogP contribution < -0.4 is 4.74 Å². The van der Waals surface area contributed by atoms with Crippen molar-refractivity contribution in [3.63, 3.8) is 0 Å². The fourth-order valence-electron chi connectivity index (χ4n) is 1.45. The lowest BCUT2D eigenvalue weighted by Gasteiger charge is -2.08. The molecule has 0 saturated heterocycles. The Bertz CT molecular complexity index is 556. The lowest BCUT2D eigenvalue weighted by Crippen LogP contribution is -2.05. The van der Waals surface area contributed by atoms with Gasteiger partial charge in [-0.1, -0.05) is 11.6 Å². The third kappa shape index (κ3) is 2.97. The summed E-state index contributed by atoms with van der Waals surface area (Å²) in [5, 5.41) is 0.319. The van der Waals surface area contributed by atoms with Gasteiger partial charge in [-0.15, -0.1) is 11.3 Å². The van der Waals surface area contributed by atoms with E-state index in [4.69, 9.17) is 16.3 Å². The normalized spacial score (nSPS) is 10.7. The monoisotopic (exact) mass is 283 g/mol. The van der Waals surface area contributed by atoms with Crippen LogP contribution in [0.2, 0.25) is 5.15 Å². The van der Waals surface area contributed by atoms with Gasteiger partial charge in [0.05, 0.1) is 29.2 Å². The van der Waals surface area contributed by atoms with Crippen LogP contribution in [0.25, 0.3) is 0 Å². The Labute approximate surface area is 115 Å². The first kappa shape index (κ1) is 13.2. The van der Waals surface area contributed by atoms with E-state index >= 15 is 0 Å². The van der Waals surface area contributed by atoms with Crippen molar-refractivity contribution in [3.8, 4) is 5.88 Å². The molecule has 2 aromatic heterocycles. The maximum atomic E-state index is 5.99. The molecule has 0 fully saturated rings. The lowest BCUT2D eigenvalue weighted by molar-refractivity contribution is 0.308. The second-order valence-electron chi connectivity index (χ2n) is 3.95. The lowest BCUT2D eigenvalue weighted by atomic mass is 10.3. The molecule has 0 aliphatic carbocycles. The van der Waals surface area contributed by atoms with Crippen molar-refractivity contribution in [3.05, 3.63) is 32.6 Å². The quantitative estimate of drug-likeness (QED) is 0.865. The molecule has 2 rings (SSSR count). The first-order valence-electron chi connectivity index (χ1n) is 5.60. The molecule has 0 saturated carbocycles. The summed E-state index contributed by atoms with van der Waals surface area (Å²) in [5.74, 6) is 0.405. The molecular weight excluding hydrogens is 270 g/mol. The van der Waals surface area contributed by atoms with Crippen LogP contribution in [-0.4, -0.2) is 21.6 Å². The SMILES string of the molecule is Cc1nc(Cl)c(OCCc2scnc2C)nc1C. The molecular formula is C12H14ClN3OS. The van der Waals surface area contributed by atoms with Crippen molar-refractivity contribution in [1.82, 2.24) is 15.0 Å². The van der Waals surface area contributed by atoms with E-state index < -0.39 is 0 Å². The summed E-state index contributed by atoms with van der Waals surface area (Å²) in [4.78, 5) is 13.9. The predicted octanol–water partition coefficient (Wildman–Crippen LogP) is 3.13. The van der Waals surface area contributed by atoms with Gasteiger partial charge in [-0.3, -0.25) is 0 Å². The molecule has 0 aromatic carbocycles. The maximum absolute atomic E-state index is 5.99. The summed E-state index contributed by atoms with van der Waals surface area (Å²) in [5.41, 5.74) is 4.56. The maximum Gasteiger partial charge on any atom is 0.252 e. The number of thiazole rings is 1. The van der Waals surface area contributed by atoms with Gasteiger partial charge in [0, 0.05) is 11.3 Å². The zero-order valence-corrected chi connectivity index (χ0v) is 12.1. The molecule has 96 valence electrons. The number of hydrogen-bond donors (Lipinski definition) is 0. The standard InChI is InChI=1S/C12H14ClN3OS/c1-7-8(2)16-12(11(13)15-7)17-5-4-10-9(3)14-6-18-10/h6H,4-5H2,1-3H3. The fourth-order valence-corrected chi connectivity index (χ4v) is 2.44. The molecule has 4 nitrogen and oxygen atoms in total. The summed E-state index contributed by atoms with van der Waals surface area (Å²) < 4.78 is 5.57. The Morgan fingerprint density at radius 3 is 2.56 bits per heavy atom. The van der Waals surface area contributed by atoms with E-state index in [1.54, 1.807) is 11.3 Å². The van der Waals surface area contributed by atoms with E-state index in [2.05, 4.69) is 15.0 Å². The number of nitrogens with zero attached hydrogens (tertiary/aromatic N) is 3. The molecule has 0 aliphatic rings. The first-order chi connectivity index (χ1) is 8.58. The highest BCUT2D eigenvalue weighted by atomic mass is 35.5. The Kier molecular flexibility index (Phi) is 4.14. The van der Waals surface area contributed by atoms with Crippen molar-refractivity contribution in [2.24, 2.45) is 0 Å². The van der Waals surface area contributed by atoms with Gasteiger partial charge in [0.15, 0.2) is 5.15 Å². The van der Waals surface area contributed by atoms with Crippen molar-refractivity contribution in [1.29, 1.82) is 0 Å². The molecule has 0 radical (unpaired) electrons. The predicted molar refractivity (Wildman–Crippen MR) is 72.6 cm³/mol. The smallest absolute Gasteiger partial charge is 0.252 e. The highest BCUT2D eigenvalue weighted by molar-refractivity contribution is 7.09. The summed E-state index contributed by atoms with van der Waals surface area (Å²) in [6.07, 6.45) is 0.807. The number of rotatable bonds is 4. The Hall–Kier alpha value is -1.20. The fraction of sp³-hybridized carbons (Fsp3) is 0.417. The summed E-state index contributed by atoms with van der Waals surface area (Å²) in [6.45, 7) is 6.28. The van der Waals surface area contributed by atoms with Gasteiger partial charge in [-0.25, -0.2) is 15.0 Å². The van der Waals surface area contributed by atoms with Crippen LogP contribution in [0.4, 0.5) is 0 Å². The highest BCUT2D eigenvalue weighted by Crippen LogP contribution is 2.21. The first-order valence-corrected chi connectivity index (χ1v) is 6.86. The van der Waals surface area contributed by atoms with E-state index in [-0.39, 0.29) is 0 Å². The van der Waals surface area contributed by atoms with Crippen LogP contribution >= 0.6 is 22.9 Å². The topological polar surface area (TPSA) is 47.9 Å². The molecule has 18 heavy (non-hydrogen) atoms. The van der Waals surface area contributed by atoms with Gasteiger partial charge < -0.3 is 4.74 Å². The molecule has 0 N–H and O–H groups in total. The molecule has 0 spiro atoms. The minimum atomic E-state index is 0.319. The zero-order chi connectivity index (χ0) is 13.1. The van der Waals surface area contributed by atoms with Gasteiger partial charge in [-0.05, 0) is 20.8 Å². The second-order valence-corrected chi connectivity index (χ2v) is 5.25. The van der Waals surface area contributed by atoms with Crippen LogP contribution in [0.1, 0.15) is 22.0 Å². The van der Waals surface area contributed by atoms with Crippen LogP contribution in [0.15, 0.2) is 5.51 Å². The number of aromatic nitrogens is 3. The number of ether oxygens (including phenoxy) is 1. The van der Waals surface area contributed by atoms with Gasteiger partial charge in [-0.2, -0.15) is 0 Å². The molecule has 0 unspecified atom stereocenters. The van der Waals surface area contributed by atoms with Crippen LogP contribution in [0.3, 0.4) is 0 Å². The van der Waals surface area contributed by atoms with E-state index in [9.17, 15) is 0 Å². The number of hydrogen-bond acceptors (Lipinski definition) is 5. The molecule has 0 atom stereocenters. The van der Waals surface area contributed by atoms with Gasteiger partial charge in [0.2, 0.25) is 0 Å². The van der Waals surface area contributed by atoms with Crippen LogP contribution in [0, 0.1) is 20.8 Å². The minimum Gasteiger partial charge on any atom is -0.475 e. The molecule has 0 bridgehead atoms. The third-order valence-electron chi connectivity index (χ3n) is 2.65. The summed E-state index contributed by atoms with van der Waals surface area (Å²) >= 11 is 7.62. The average Bonchev–Trinajstić information content (AvgIpc) is 2.72. The number of aryl methyl sites for hydroxylation is 3. The minimum absolute atomic E-state index is 0.319. The van der Waals surface area contributed by atoms with Crippen molar-refractivity contribution in [2.45, 2.75) is 27.2 Å². The molecule has 2 heterocycles. The summed E-state index contributed by atoms with van der Waals surface area (Å²) in [6, 6.07) is 0. The molecule has 0 amide bonds. The van der Waals surface area contributed by atoms with Crippen LogP contribution in [-0.2, 0) is 6.42 Å². The van der Waals surface area contributed by atoms with E-state index in [1.165, 1.54) is 4.88 Å². The Morgan fingerprint density at radius 2 is 1.89 bits per heavy atom. The van der Waals surface area contributed by atoms with Gasteiger partial charge >= 0.3 is 0 Å². The number of halogens is 1. The molecule has 6 heteroatoms.